The second-order valence-corrected chi connectivity index (χ2v) is 5.30. The van der Waals surface area contributed by atoms with E-state index in [1.165, 1.54) is 6.07 Å². The van der Waals surface area contributed by atoms with Crippen molar-refractivity contribution in [1.29, 1.82) is 0 Å². The minimum Gasteiger partial charge on any atom is -0.340 e. The summed E-state index contributed by atoms with van der Waals surface area (Å²) in [5, 5.41) is 15.4. The van der Waals surface area contributed by atoms with E-state index in [4.69, 9.17) is 0 Å². The third kappa shape index (κ3) is 2.85. The van der Waals surface area contributed by atoms with E-state index in [1.54, 1.807) is 17.3 Å². The predicted molar refractivity (Wildman–Crippen MR) is 69.0 cm³/mol. The molecule has 0 bridgehead atoms. The lowest BCUT2D eigenvalue weighted by molar-refractivity contribution is -0.380. The molecule has 18 heavy (non-hydrogen) atoms. The molecule has 1 N–H and O–H groups in total. The number of carbonyl (C=O) groups is 1. The highest BCUT2D eigenvalue weighted by Crippen LogP contribution is 2.23. The monoisotopic (exact) mass is 269 g/mol. The molecule has 0 spiro atoms. The third-order valence-corrected chi connectivity index (χ3v) is 3.90. The molecule has 1 aromatic heterocycles. The molecule has 0 aliphatic carbocycles. The Kier molecular flexibility index (Phi) is 3.93. The first-order valence-corrected chi connectivity index (χ1v) is 6.67. The van der Waals surface area contributed by atoms with Crippen molar-refractivity contribution in [3.8, 4) is 0 Å². The predicted octanol–water partition coefficient (Wildman–Crippen LogP) is 1.48. The summed E-state index contributed by atoms with van der Waals surface area (Å²) in [6.45, 7) is 1.64. The Labute approximate surface area is 109 Å². The highest BCUT2D eigenvalue weighted by molar-refractivity contribution is 7.13. The maximum Gasteiger partial charge on any atom is 0.324 e. The Bertz CT molecular complexity index is 454. The molecule has 1 aliphatic rings. The fourth-order valence-electron chi connectivity index (χ4n) is 2.08. The van der Waals surface area contributed by atoms with E-state index in [0.29, 0.717) is 18.2 Å². The Balaban J connectivity index is 1.98. The molecular formula is C11H15N3O3S. The summed E-state index contributed by atoms with van der Waals surface area (Å²) in [5.41, 5.74) is 0.396. The summed E-state index contributed by atoms with van der Waals surface area (Å²) in [6.07, 6.45) is 2.21. The van der Waals surface area contributed by atoms with Gasteiger partial charge in [-0.1, -0.05) is 11.3 Å². The zero-order chi connectivity index (χ0) is 13.1. The summed E-state index contributed by atoms with van der Waals surface area (Å²) in [7, 11) is 1.73. The van der Waals surface area contributed by atoms with Crippen LogP contribution < -0.4 is 5.32 Å². The molecular weight excluding hydrogens is 254 g/mol. The first-order chi connectivity index (χ1) is 8.58. The highest BCUT2D eigenvalue weighted by atomic mass is 32.1. The second-order valence-electron chi connectivity index (χ2n) is 4.41. The number of hydrogen-bond donors (Lipinski definition) is 1. The van der Waals surface area contributed by atoms with Crippen molar-refractivity contribution in [1.82, 2.24) is 10.2 Å². The van der Waals surface area contributed by atoms with Crippen molar-refractivity contribution >= 4 is 22.2 Å². The van der Waals surface area contributed by atoms with Gasteiger partial charge in [-0.2, -0.15) is 0 Å². The fraction of sp³-hybridized carbons (Fsp3) is 0.545. The number of nitro groups is 1. The Morgan fingerprint density at radius 3 is 3.06 bits per heavy atom. The van der Waals surface area contributed by atoms with Crippen molar-refractivity contribution in [2.45, 2.75) is 18.9 Å². The van der Waals surface area contributed by atoms with Crippen LogP contribution in [0.1, 0.15) is 23.2 Å². The van der Waals surface area contributed by atoms with Crippen molar-refractivity contribution < 1.29 is 9.72 Å². The summed E-state index contributed by atoms with van der Waals surface area (Å²) in [6, 6.07) is 1.68. The van der Waals surface area contributed by atoms with Gasteiger partial charge in [-0.05, 0) is 19.4 Å². The average Bonchev–Trinajstić information content (AvgIpc) is 2.98. The molecule has 2 heterocycles. The summed E-state index contributed by atoms with van der Waals surface area (Å²) < 4.78 is 0. The standard InChI is InChI=1S/C11H15N3O3S/c1-13(6-9-3-2-4-12-9)11(15)8-5-10(14(16)17)18-7-8/h5,7,9,12H,2-4,6H2,1H3. The minimum atomic E-state index is -0.472. The first kappa shape index (κ1) is 13.0. The van der Waals surface area contributed by atoms with Crippen LogP contribution in [0.5, 0.6) is 0 Å². The third-order valence-electron chi connectivity index (χ3n) is 3.02. The molecule has 1 fully saturated rings. The molecule has 2 rings (SSSR count). The Hall–Kier alpha value is -1.47. The van der Waals surface area contributed by atoms with Gasteiger partial charge in [-0.15, -0.1) is 0 Å². The summed E-state index contributed by atoms with van der Waals surface area (Å²) >= 11 is 0.984. The van der Waals surface area contributed by atoms with Gasteiger partial charge in [0.05, 0.1) is 10.5 Å². The molecule has 98 valence electrons. The van der Waals surface area contributed by atoms with Gasteiger partial charge in [-0.25, -0.2) is 0 Å². The van der Waals surface area contributed by atoms with Crippen LogP contribution in [0, 0.1) is 10.1 Å². The maximum atomic E-state index is 12.1. The molecule has 6 nitrogen and oxygen atoms in total. The average molecular weight is 269 g/mol. The molecule has 1 atom stereocenters. The number of amides is 1. The van der Waals surface area contributed by atoms with Gasteiger partial charge in [0.2, 0.25) is 0 Å². The van der Waals surface area contributed by atoms with Gasteiger partial charge in [-0.3, -0.25) is 14.9 Å². The van der Waals surface area contributed by atoms with E-state index in [9.17, 15) is 14.9 Å². The smallest absolute Gasteiger partial charge is 0.324 e. The van der Waals surface area contributed by atoms with Crippen molar-refractivity contribution in [3.05, 3.63) is 27.1 Å². The van der Waals surface area contributed by atoms with E-state index < -0.39 is 4.92 Å². The van der Waals surface area contributed by atoms with Gasteiger partial charge in [0.1, 0.15) is 0 Å². The van der Waals surface area contributed by atoms with Crippen molar-refractivity contribution in [2.75, 3.05) is 20.1 Å². The van der Waals surface area contributed by atoms with Crippen molar-refractivity contribution in [3.63, 3.8) is 0 Å². The van der Waals surface area contributed by atoms with E-state index in [1.807, 2.05) is 0 Å². The van der Waals surface area contributed by atoms with Crippen LogP contribution in [0.3, 0.4) is 0 Å². The number of rotatable bonds is 4. The quantitative estimate of drug-likeness (QED) is 0.663. The van der Waals surface area contributed by atoms with Gasteiger partial charge in [0.25, 0.3) is 5.91 Å². The van der Waals surface area contributed by atoms with Crippen LogP contribution in [0.4, 0.5) is 5.00 Å². The minimum absolute atomic E-state index is 0.00532. The van der Waals surface area contributed by atoms with E-state index in [2.05, 4.69) is 5.32 Å². The van der Waals surface area contributed by atoms with Gasteiger partial charge >= 0.3 is 5.00 Å². The number of carbonyl (C=O) groups excluding carboxylic acids is 1. The SMILES string of the molecule is CN(CC1CCCN1)C(=O)c1csc([N+](=O)[O-])c1. The fourth-order valence-corrected chi connectivity index (χ4v) is 2.78. The molecule has 1 unspecified atom stereocenters. The molecule has 0 aromatic carbocycles. The first-order valence-electron chi connectivity index (χ1n) is 5.79. The number of likely N-dealkylation sites (N-methyl/N-ethyl adjacent to an activating group) is 1. The number of nitrogens with one attached hydrogen (secondary N) is 1. The highest BCUT2D eigenvalue weighted by Gasteiger charge is 2.22. The largest absolute Gasteiger partial charge is 0.340 e. The van der Waals surface area contributed by atoms with E-state index in [-0.39, 0.29) is 10.9 Å². The summed E-state index contributed by atoms with van der Waals surface area (Å²) in [5.74, 6) is -0.159. The summed E-state index contributed by atoms with van der Waals surface area (Å²) in [4.78, 5) is 23.8. The van der Waals surface area contributed by atoms with Crippen LogP contribution in [-0.4, -0.2) is 41.9 Å². The number of hydrogen-bond acceptors (Lipinski definition) is 5. The second kappa shape index (κ2) is 5.45. The Morgan fingerprint density at radius 2 is 2.50 bits per heavy atom. The maximum absolute atomic E-state index is 12.1. The van der Waals surface area contributed by atoms with Crippen molar-refractivity contribution in [2.24, 2.45) is 0 Å². The van der Waals surface area contributed by atoms with Crippen LogP contribution >= 0.6 is 11.3 Å². The molecule has 1 saturated heterocycles. The molecule has 7 heteroatoms. The lowest BCUT2D eigenvalue weighted by Crippen LogP contribution is -2.38. The van der Waals surface area contributed by atoms with Gasteiger partial charge in [0, 0.05) is 31.1 Å². The topological polar surface area (TPSA) is 75.5 Å². The molecule has 1 aromatic rings. The Morgan fingerprint density at radius 1 is 1.72 bits per heavy atom. The van der Waals surface area contributed by atoms with Crippen LogP contribution in [0.15, 0.2) is 11.4 Å². The lowest BCUT2D eigenvalue weighted by atomic mass is 10.2. The normalized spacial score (nSPS) is 18.8. The zero-order valence-corrected chi connectivity index (χ0v) is 10.9. The number of nitrogens with zero attached hydrogens (tertiary/aromatic N) is 2. The molecule has 0 saturated carbocycles. The van der Waals surface area contributed by atoms with Crippen LogP contribution in [0.25, 0.3) is 0 Å². The zero-order valence-electron chi connectivity index (χ0n) is 10.1. The van der Waals surface area contributed by atoms with Gasteiger partial charge in [0.15, 0.2) is 0 Å². The molecule has 1 aliphatic heterocycles. The van der Waals surface area contributed by atoms with E-state index in [0.717, 1.165) is 30.7 Å². The molecule has 0 radical (unpaired) electrons. The lowest BCUT2D eigenvalue weighted by Gasteiger charge is -2.20. The van der Waals surface area contributed by atoms with E-state index >= 15 is 0 Å². The van der Waals surface area contributed by atoms with Gasteiger partial charge < -0.3 is 10.2 Å². The van der Waals surface area contributed by atoms with Crippen LogP contribution in [-0.2, 0) is 0 Å². The van der Waals surface area contributed by atoms with Crippen LogP contribution in [0.2, 0.25) is 0 Å². The number of thiophene rings is 1. The molecule has 1 amide bonds.